The summed E-state index contributed by atoms with van der Waals surface area (Å²) in [5.41, 5.74) is 5.67. The van der Waals surface area contributed by atoms with Crippen LogP contribution in [-0.2, 0) is 4.74 Å². The van der Waals surface area contributed by atoms with Crippen LogP contribution in [0.2, 0.25) is 0 Å². The van der Waals surface area contributed by atoms with Gasteiger partial charge >= 0.3 is 0 Å². The van der Waals surface area contributed by atoms with Gasteiger partial charge in [0.15, 0.2) is 0 Å². The van der Waals surface area contributed by atoms with Crippen LogP contribution in [0.5, 0.6) is 0 Å². The Morgan fingerprint density at radius 3 is 3.00 bits per heavy atom. The lowest BCUT2D eigenvalue weighted by atomic mass is 9.95. The van der Waals surface area contributed by atoms with E-state index < -0.39 is 0 Å². The average molecular weight is 244 g/mol. The second kappa shape index (κ2) is 8.86. The monoisotopic (exact) mass is 244 g/mol. The second-order valence-electron chi connectivity index (χ2n) is 4.92. The Bertz CT molecular complexity index is 188. The smallest absolute Gasteiger partial charge is 0.0709 e. The summed E-state index contributed by atoms with van der Waals surface area (Å²) in [7, 11) is 0. The second-order valence-corrected chi connectivity index (χ2v) is 4.92. The number of nitrogens with zero attached hydrogens (tertiary/aromatic N) is 1. The zero-order valence-corrected chi connectivity index (χ0v) is 11.1. The molecule has 1 aliphatic rings. The van der Waals surface area contributed by atoms with Crippen LogP contribution in [0.25, 0.3) is 0 Å². The molecular weight excluding hydrogens is 216 g/mol. The van der Waals surface area contributed by atoms with Crippen LogP contribution < -0.4 is 5.73 Å². The minimum Gasteiger partial charge on any atom is -0.396 e. The van der Waals surface area contributed by atoms with Crippen LogP contribution >= 0.6 is 0 Å². The van der Waals surface area contributed by atoms with E-state index in [1.54, 1.807) is 0 Å². The Morgan fingerprint density at radius 1 is 1.53 bits per heavy atom. The fraction of sp³-hybridized carbons (Fsp3) is 1.00. The van der Waals surface area contributed by atoms with Crippen LogP contribution in [0.1, 0.15) is 32.6 Å². The number of ether oxygens (including phenoxy) is 1. The summed E-state index contributed by atoms with van der Waals surface area (Å²) in [5.74, 6) is 0.678. The molecule has 4 heteroatoms. The minimum atomic E-state index is 0.207. The van der Waals surface area contributed by atoms with E-state index in [-0.39, 0.29) is 6.10 Å². The number of nitrogens with two attached hydrogens (primary N) is 1. The zero-order valence-electron chi connectivity index (χ0n) is 11.1. The topological polar surface area (TPSA) is 58.7 Å². The summed E-state index contributed by atoms with van der Waals surface area (Å²) in [6.07, 6.45) is 4.70. The number of rotatable bonds is 8. The Hall–Kier alpha value is -0.160. The summed E-state index contributed by atoms with van der Waals surface area (Å²) < 4.78 is 5.56. The number of likely N-dealkylation sites (tertiary alicyclic amines) is 1. The van der Waals surface area contributed by atoms with Crippen LogP contribution in [0, 0.1) is 5.92 Å². The molecule has 0 aromatic rings. The lowest BCUT2D eigenvalue weighted by Crippen LogP contribution is -2.38. The Balaban J connectivity index is 2.21. The fourth-order valence-electron chi connectivity index (χ4n) is 2.60. The van der Waals surface area contributed by atoms with Crippen molar-refractivity contribution in [2.45, 2.75) is 38.7 Å². The fourth-order valence-corrected chi connectivity index (χ4v) is 2.60. The first-order valence-electron chi connectivity index (χ1n) is 6.95. The number of hydrogen-bond donors (Lipinski definition) is 2. The van der Waals surface area contributed by atoms with E-state index in [9.17, 15) is 0 Å². The molecule has 1 fully saturated rings. The van der Waals surface area contributed by atoms with Gasteiger partial charge in [0.05, 0.1) is 6.10 Å². The normalized spacial score (nSPS) is 23.8. The molecule has 2 unspecified atom stereocenters. The lowest BCUT2D eigenvalue weighted by molar-refractivity contribution is 0.0483. The molecule has 0 radical (unpaired) electrons. The summed E-state index contributed by atoms with van der Waals surface area (Å²) >= 11 is 0. The van der Waals surface area contributed by atoms with Crippen molar-refractivity contribution < 1.29 is 9.84 Å². The Kier molecular flexibility index (Phi) is 7.77. The van der Waals surface area contributed by atoms with Gasteiger partial charge in [-0.3, -0.25) is 0 Å². The van der Waals surface area contributed by atoms with Gasteiger partial charge in [-0.1, -0.05) is 0 Å². The number of aliphatic hydroxyl groups excluding tert-OH is 1. The average Bonchev–Trinajstić information content (AvgIpc) is 2.35. The van der Waals surface area contributed by atoms with E-state index in [0.717, 1.165) is 32.5 Å². The van der Waals surface area contributed by atoms with Gasteiger partial charge in [-0.2, -0.15) is 0 Å². The molecule has 4 nitrogen and oxygen atoms in total. The van der Waals surface area contributed by atoms with Crippen molar-refractivity contribution in [2.75, 3.05) is 39.4 Å². The van der Waals surface area contributed by atoms with E-state index >= 15 is 0 Å². The summed E-state index contributed by atoms with van der Waals surface area (Å²) in [5, 5.41) is 8.98. The van der Waals surface area contributed by atoms with Crippen molar-refractivity contribution >= 4 is 0 Å². The molecule has 1 saturated heterocycles. The van der Waals surface area contributed by atoms with Crippen molar-refractivity contribution in [3.05, 3.63) is 0 Å². The van der Waals surface area contributed by atoms with Gasteiger partial charge in [0.1, 0.15) is 0 Å². The molecule has 2 atom stereocenters. The first-order chi connectivity index (χ1) is 8.30. The van der Waals surface area contributed by atoms with Gasteiger partial charge in [0.2, 0.25) is 0 Å². The van der Waals surface area contributed by atoms with Crippen LogP contribution in [0.15, 0.2) is 0 Å². The van der Waals surface area contributed by atoms with Gasteiger partial charge in [0, 0.05) is 32.8 Å². The van der Waals surface area contributed by atoms with Gasteiger partial charge < -0.3 is 20.5 Å². The first kappa shape index (κ1) is 14.9. The Labute approximate surface area is 105 Å². The SMILES string of the molecule is CCOC(CN)CCN1CCCC(CCO)C1. The maximum Gasteiger partial charge on any atom is 0.0709 e. The van der Waals surface area contributed by atoms with Crippen molar-refractivity contribution in [3.63, 3.8) is 0 Å². The molecule has 0 amide bonds. The predicted molar refractivity (Wildman–Crippen MR) is 70.0 cm³/mol. The molecule has 0 bridgehead atoms. The van der Waals surface area contributed by atoms with E-state index in [2.05, 4.69) is 4.90 Å². The maximum absolute atomic E-state index is 8.98. The highest BCUT2D eigenvalue weighted by Crippen LogP contribution is 2.19. The molecule has 17 heavy (non-hydrogen) atoms. The van der Waals surface area contributed by atoms with Gasteiger partial charge in [0.25, 0.3) is 0 Å². The molecule has 102 valence electrons. The molecular formula is C13H28N2O2. The van der Waals surface area contributed by atoms with Crippen molar-refractivity contribution in [2.24, 2.45) is 11.7 Å². The molecule has 0 aromatic carbocycles. The minimum absolute atomic E-state index is 0.207. The van der Waals surface area contributed by atoms with E-state index in [1.165, 1.54) is 19.4 Å². The van der Waals surface area contributed by atoms with Crippen LogP contribution in [-0.4, -0.2) is 55.5 Å². The van der Waals surface area contributed by atoms with Gasteiger partial charge in [-0.15, -0.1) is 0 Å². The summed E-state index contributed by atoms with van der Waals surface area (Å²) in [4.78, 5) is 2.49. The highest BCUT2D eigenvalue weighted by Gasteiger charge is 2.20. The maximum atomic E-state index is 8.98. The van der Waals surface area contributed by atoms with Crippen molar-refractivity contribution in [3.8, 4) is 0 Å². The molecule has 0 saturated carbocycles. The third-order valence-corrected chi connectivity index (χ3v) is 3.57. The largest absolute Gasteiger partial charge is 0.396 e. The molecule has 1 aliphatic heterocycles. The van der Waals surface area contributed by atoms with E-state index in [0.29, 0.717) is 19.1 Å². The molecule has 0 aliphatic carbocycles. The number of hydrogen-bond acceptors (Lipinski definition) is 4. The van der Waals surface area contributed by atoms with E-state index in [4.69, 9.17) is 15.6 Å². The van der Waals surface area contributed by atoms with Crippen LogP contribution in [0.4, 0.5) is 0 Å². The molecule has 3 N–H and O–H groups in total. The standard InChI is InChI=1S/C13H28N2O2/c1-2-17-13(10-14)5-8-15-7-3-4-12(11-15)6-9-16/h12-13,16H,2-11,14H2,1H3. The molecule has 1 rings (SSSR count). The predicted octanol–water partition coefficient (Wildman–Crippen LogP) is 0.835. The third kappa shape index (κ3) is 5.82. The number of piperidine rings is 1. The molecule has 0 aromatic heterocycles. The summed E-state index contributed by atoms with van der Waals surface area (Å²) in [6, 6.07) is 0. The molecule has 0 spiro atoms. The quantitative estimate of drug-likeness (QED) is 0.664. The highest BCUT2D eigenvalue weighted by molar-refractivity contribution is 4.74. The highest BCUT2D eigenvalue weighted by atomic mass is 16.5. The van der Waals surface area contributed by atoms with Crippen molar-refractivity contribution in [1.82, 2.24) is 4.90 Å². The molecule has 1 heterocycles. The zero-order chi connectivity index (χ0) is 12.5. The van der Waals surface area contributed by atoms with Gasteiger partial charge in [-0.25, -0.2) is 0 Å². The summed E-state index contributed by atoms with van der Waals surface area (Å²) in [6.45, 7) is 7.08. The first-order valence-corrected chi connectivity index (χ1v) is 6.95. The Morgan fingerprint density at radius 2 is 2.35 bits per heavy atom. The number of aliphatic hydroxyl groups is 1. The van der Waals surface area contributed by atoms with E-state index in [1.807, 2.05) is 6.92 Å². The van der Waals surface area contributed by atoms with Gasteiger partial charge in [-0.05, 0) is 45.1 Å². The van der Waals surface area contributed by atoms with Crippen molar-refractivity contribution in [1.29, 1.82) is 0 Å². The lowest BCUT2D eigenvalue weighted by Gasteiger charge is -2.33. The third-order valence-electron chi connectivity index (χ3n) is 3.57. The van der Waals surface area contributed by atoms with Crippen LogP contribution in [0.3, 0.4) is 0 Å².